The van der Waals surface area contributed by atoms with Gasteiger partial charge in [-0.15, -0.1) is 0 Å². The van der Waals surface area contributed by atoms with E-state index >= 15 is 0 Å². The van der Waals surface area contributed by atoms with E-state index < -0.39 is 0 Å². The maximum absolute atomic E-state index is 11.1. The minimum Gasteiger partial charge on any atom is -0.493 e. The summed E-state index contributed by atoms with van der Waals surface area (Å²) in [6.45, 7) is 6.29. The Bertz CT molecular complexity index is 541. The summed E-state index contributed by atoms with van der Waals surface area (Å²) in [4.78, 5) is 10.8. The van der Waals surface area contributed by atoms with Crippen molar-refractivity contribution in [3.8, 4) is 11.5 Å². The Balaban J connectivity index is 3.24. The lowest BCUT2D eigenvalue weighted by Gasteiger charge is -2.12. The van der Waals surface area contributed by atoms with Crippen LogP contribution in [-0.2, 0) is 0 Å². The summed E-state index contributed by atoms with van der Waals surface area (Å²) >= 11 is 3.41. The smallest absolute Gasteiger partial charge is 0.247 e. The third-order valence-corrected chi connectivity index (χ3v) is 3.31. The molecule has 0 unspecified atom stereocenters. The summed E-state index contributed by atoms with van der Waals surface area (Å²) in [7, 11) is 1.54. The van der Waals surface area contributed by atoms with E-state index in [1.165, 1.54) is 0 Å². The second-order valence-electron chi connectivity index (χ2n) is 4.96. The van der Waals surface area contributed by atoms with Crippen LogP contribution in [0.2, 0.25) is 0 Å². The van der Waals surface area contributed by atoms with E-state index in [2.05, 4.69) is 15.9 Å². The molecule has 0 N–H and O–H groups in total. The topological polar surface area (TPSA) is 61.6 Å². The van der Waals surface area contributed by atoms with Gasteiger partial charge in [0.2, 0.25) is 5.70 Å². The highest BCUT2D eigenvalue weighted by molar-refractivity contribution is 9.10. The summed E-state index contributed by atoms with van der Waals surface area (Å²) < 4.78 is 11.5. The lowest BCUT2D eigenvalue weighted by atomic mass is 10.1. The molecule has 5 nitrogen and oxygen atoms in total. The van der Waals surface area contributed by atoms with Gasteiger partial charge in [0.25, 0.3) is 0 Å². The van der Waals surface area contributed by atoms with Crippen LogP contribution in [0.1, 0.15) is 32.8 Å². The molecule has 0 aliphatic carbocycles. The second kappa shape index (κ2) is 8.02. The molecule has 1 rings (SSSR count). The molecule has 0 amide bonds. The van der Waals surface area contributed by atoms with Crippen molar-refractivity contribution < 1.29 is 14.4 Å². The zero-order valence-electron chi connectivity index (χ0n) is 12.7. The molecule has 21 heavy (non-hydrogen) atoms. The molecule has 0 aliphatic rings. The summed E-state index contributed by atoms with van der Waals surface area (Å²) in [5.74, 6) is 1.36. The van der Waals surface area contributed by atoms with Crippen LogP contribution in [0.4, 0.5) is 0 Å². The fourth-order valence-corrected chi connectivity index (χ4v) is 2.48. The number of methoxy groups -OCH3 is 1. The van der Waals surface area contributed by atoms with Crippen molar-refractivity contribution in [2.75, 3.05) is 13.7 Å². The monoisotopic (exact) mass is 357 g/mol. The predicted molar refractivity (Wildman–Crippen MR) is 86.3 cm³/mol. The molecule has 0 heterocycles. The third-order valence-electron chi connectivity index (χ3n) is 2.73. The highest BCUT2D eigenvalue weighted by Crippen LogP contribution is 2.37. The van der Waals surface area contributed by atoms with Crippen molar-refractivity contribution in [2.45, 2.75) is 27.2 Å². The number of nitro groups is 1. The van der Waals surface area contributed by atoms with Crippen molar-refractivity contribution in [3.63, 3.8) is 0 Å². The maximum atomic E-state index is 11.1. The molecule has 0 radical (unpaired) electrons. The molecule has 0 bridgehead atoms. The average Bonchev–Trinajstić information content (AvgIpc) is 2.40. The van der Waals surface area contributed by atoms with Gasteiger partial charge in [-0.05, 0) is 46.5 Å². The van der Waals surface area contributed by atoms with Crippen LogP contribution in [0.25, 0.3) is 6.08 Å². The first-order valence-corrected chi connectivity index (χ1v) is 7.53. The Morgan fingerprint density at radius 2 is 2.14 bits per heavy atom. The minimum atomic E-state index is -0.336. The van der Waals surface area contributed by atoms with Crippen molar-refractivity contribution >= 4 is 22.0 Å². The van der Waals surface area contributed by atoms with Crippen LogP contribution in [0.3, 0.4) is 0 Å². The quantitative estimate of drug-likeness (QED) is 0.531. The van der Waals surface area contributed by atoms with Gasteiger partial charge in [-0.25, -0.2) is 0 Å². The Morgan fingerprint density at radius 1 is 1.48 bits per heavy atom. The number of hydrogen-bond donors (Lipinski definition) is 0. The van der Waals surface area contributed by atoms with Crippen molar-refractivity contribution in [2.24, 2.45) is 5.92 Å². The van der Waals surface area contributed by atoms with Crippen molar-refractivity contribution in [3.05, 3.63) is 38.0 Å². The van der Waals surface area contributed by atoms with Crippen LogP contribution >= 0.6 is 15.9 Å². The van der Waals surface area contributed by atoms with Crippen molar-refractivity contribution in [1.29, 1.82) is 0 Å². The number of ether oxygens (including phenoxy) is 2. The molecular weight excluding hydrogens is 338 g/mol. The number of nitrogens with zero attached hydrogens (tertiary/aromatic N) is 1. The van der Waals surface area contributed by atoms with Gasteiger partial charge in [0, 0.05) is 12.5 Å². The summed E-state index contributed by atoms with van der Waals surface area (Å²) in [5.41, 5.74) is 0.887. The van der Waals surface area contributed by atoms with E-state index in [1.54, 1.807) is 25.3 Å². The molecule has 116 valence electrons. The van der Waals surface area contributed by atoms with Crippen molar-refractivity contribution in [1.82, 2.24) is 0 Å². The predicted octanol–water partition coefficient (Wildman–Crippen LogP) is 4.52. The molecule has 0 aliphatic heterocycles. The standard InChI is InChI=1S/C15H20BrNO4/c1-5-21-15-13(16)8-11(9-14(15)20-4)7-12(17(18)19)6-10(2)3/h7-10H,5-6H2,1-4H3. The summed E-state index contributed by atoms with van der Waals surface area (Å²) in [5, 5.41) is 11.1. The molecule has 0 atom stereocenters. The molecule has 0 aromatic heterocycles. The molecule has 1 aromatic rings. The van der Waals surface area contributed by atoms with Gasteiger partial charge in [0.1, 0.15) is 0 Å². The van der Waals surface area contributed by atoms with Gasteiger partial charge < -0.3 is 9.47 Å². The van der Waals surface area contributed by atoms with E-state index in [0.29, 0.717) is 34.6 Å². The average molecular weight is 358 g/mol. The van der Waals surface area contributed by atoms with Crippen LogP contribution in [0.15, 0.2) is 22.3 Å². The highest BCUT2D eigenvalue weighted by Gasteiger charge is 2.15. The Kier molecular flexibility index (Phi) is 6.68. The van der Waals surface area contributed by atoms with Gasteiger partial charge in [0.15, 0.2) is 11.5 Å². The van der Waals surface area contributed by atoms with Gasteiger partial charge in [0.05, 0.1) is 23.1 Å². The first kappa shape index (κ1) is 17.5. The normalized spacial score (nSPS) is 11.6. The number of rotatable bonds is 7. The number of hydrogen-bond acceptors (Lipinski definition) is 4. The van der Waals surface area contributed by atoms with E-state index in [1.807, 2.05) is 20.8 Å². The first-order valence-electron chi connectivity index (χ1n) is 6.74. The van der Waals surface area contributed by atoms with E-state index in [9.17, 15) is 10.1 Å². The summed E-state index contributed by atoms with van der Waals surface area (Å²) in [6, 6.07) is 3.52. The zero-order valence-corrected chi connectivity index (χ0v) is 14.3. The maximum Gasteiger partial charge on any atom is 0.247 e. The van der Waals surface area contributed by atoms with Crippen LogP contribution in [0.5, 0.6) is 11.5 Å². The highest BCUT2D eigenvalue weighted by atomic mass is 79.9. The third kappa shape index (κ3) is 5.04. The molecule has 1 aromatic carbocycles. The van der Waals surface area contributed by atoms with E-state index in [0.717, 1.165) is 0 Å². The number of benzene rings is 1. The van der Waals surface area contributed by atoms with Gasteiger partial charge in [-0.1, -0.05) is 13.8 Å². The molecule has 0 spiro atoms. The van der Waals surface area contributed by atoms with E-state index in [-0.39, 0.29) is 16.5 Å². The Hall–Kier alpha value is -1.56. The fraction of sp³-hybridized carbons (Fsp3) is 0.467. The second-order valence-corrected chi connectivity index (χ2v) is 5.81. The molecule has 0 saturated heterocycles. The summed E-state index contributed by atoms with van der Waals surface area (Å²) in [6.07, 6.45) is 1.99. The van der Waals surface area contributed by atoms with Crippen LogP contribution in [0, 0.1) is 16.0 Å². The number of halogens is 1. The minimum absolute atomic E-state index is 0.183. The Labute approximate surface area is 133 Å². The zero-order chi connectivity index (χ0) is 16.0. The lowest BCUT2D eigenvalue weighted by molar-refractivity contribution is -0.427. The van der Waals surface area contributed by atoms with Crippen LogP contribution in [-0.4, -0.2) is 18.6 Å². The lowest BCUT2D eigenvalue weighted by Crippen LogP contribution is -2.02. The molecular formula is C15H20BrNO4. The fourth-order valence-electron chi connectivity index (χ4n) is 1.90. The van der Waals surface area contributed by atoms with E-state index in [4.69, 9.17) is 9.47 Å². The van der Waals surface area contributed by atoms with Gasteiger partial charge in [-0.2, -0.15) is 0 Å². The van der Waals surface area contributed by atoms with Gasteiger partial charge >= 0.3 is 0 Å². The first-order chi connectivity index (χ1) is 9.88. The largest absolute Gasteiger partial charge is 0.493 e. The molecule has 0 fully saturated rings. The van der Waals surface area contributed by atoms with Crippen LogP contribution < -0.4 is 9.47 Å². The number of allylic oxidation sites excluding steroid dienone is 1. The SMILES string of the molecule is CCOc1c(Br)cc(C=C(CC(C)C)[N+](=O)[O-])cc1OC. The Morgan fingerprint density at radius 3 is 2.62 bits per heavy atom. The molecule has 0 saturated carbocycles. The molecule has 6 heteroatoms. The van der Waals surface area contributed by atoms with Gasteiger partial charge in [-0.3, -0.25) is 10.1 Å².